The fraction of sp³-hybridized carbons (Fsp3) is 0.176. The molecule has 4 heteroatoms. The molecular weight excluding hydrogens is 337 g/mol. The Morgan fingerprint density at radius 3 is 2.38 bits per heavy atom. The van der Waals surface area contributed by atoms with Crippen LogP contribution in [-0.2, 0) is 32.7 Å². The van der Waals surface area contributed by atoms with E-state index in [1.54, 1.807) is 0 Å². The Morgan fingerprint density at radius 1 is 0.952 bits per heavy atom. The Bertz CT molecular complexity index is 674. The van der Waals surface area contributed by atoms with Gasteiger partial charge in [-0.15, -0.1) is 12.3 Å². The van der Waals surface area contributed by atoms with Crippen molar-refractivity contribution in [2.75, 3.05) is 0 Å². The summed E-state index contributed by atoms with van der Waals surface area (Å²) in [4.78, 5) is 8.27. The van der Waals surface area contributed by atoms with Crippen LogP contribution < -0.4 is 0 Å². The van der Waals surface area contributed by atoms with E-state index in [9.17, 15) is 5.11 Å². The molecule has 0 amide bonds. The minimum atomic E-state index is -0.641. The van der Waals surface area contributed by atoms with Crippen LogP contribution in [0.25, 0.3) is 11.0 Å². The first-order chi connectivity index (χ1) is 9.84. The zero-order valence-corrected chi connectivity index (χ0v) is 15.0. The molecule has 0 saturated heterocycles. The van der Waals surface area contributed by atoms with Crippen LogP contribution in [0, 0.1) is 6.20 Å². The summed E-state index contributed by atoms with van der Waals surface area (Å²) in [6.07, 6.45) is 3.59. The molecule has 3 aromatic rings. The van der Waals surface area contributed by atoms with E-state index in [0.29, 0.717) is 0 Å². The Morgan fingerprint density at radius 2 is 1.67 bits per heavy atom. The molecule has 1 radical (unpaired) electrons. The molecule has 0 saturated carbocycles. The maximum absolute atomic E-state index is 10.3. The topological polar surface area (TPSA) is 46.0 Å². The van der Waals surface area contributed by atoms with Gasteiger partial charge in [0.15, 0.2) is 0 Å². The van der Waals surface area contributed by atoms with Crippen molar-refractivity contribution in [1.29, 1.82) is 0 Å². The van der Waals surface area contributed by atoms with Crippen molar-refractivity contribution in [3.05, 3.63) is 72.1 Å². The van der Waals surface area contributed by atoms with Gasteiger partial charge in [0.05, 0.1) is 0 Å². The van der Waals surface area contributed by atoms with E-state index in [1.165, 1.54) is 6.20 Å². The molecule has 1 unspecified atom stereocenters. The van der Waals surface area contributed by atoms with Crippen molar-refractivity contribution in [2.24, 2.45) is 0 Å². The molecule has 1 atom stereocenters. The molecular formula is C17H17N2OY-. The van der Waals surface area contributed by atoms with Gasteiger partial charge in [-0.1, -0.05) is 61.8 Å². The fourth-order valence-corrected chi connectivity index (χ4v) is 1.93. The monoisotopic (exact) mass is 354 g/mol. The second-order valence-electron chi connectivity index (χ2n) is 4.06. The summed E-state index contributed by atoms with van der Waals surface area (Å²) in [5, 5.41) is 10.3. The van der Waals surface area contributed by atoms with Crippen molar-refractivity contribution in [2.45, 2.75) is 20.0 Å². The largest absolute Gasteiger partial charge is 0.448 e. The number of benzene rings is 2. The SMILES string of the molecule is CC.OC(c1ccccc1)c1ccc2nc[c-]nc2c1.[Y]. The zero-order valence-electron chi connectivity index (χ0n) is 12.2. The molecule has 0 aliphatic heterocycles. The summed E-state index contributed by atoms with van der Waals surface area (Å²) in [7, 11) is 0. The first-order valence-corrected chi connectivity index (χ1v) is 6.70. The van der Waals surface area contributed by atoms with E-state index in [-0.39, 0.29) is 32.7 Å². The smallest absolute Gasteiger partial charge is 0.103 e. The van der Waals surface area contributed by atoms with Crippen LogP contribution in [-0.4, -0.2) is 15.1 Å². The number of aliphatic hydroxyl groups is 1. The van der Waals surface area contributed by atoms with E-state index in [2.05, 4.69) is 16.2 Å². The fourth-order valence-electron chi connectivity index (χ4n) is 1.93. The van der Waals surface area contributed by atoms with Gasteiger partial charge in [-0.2, -0.15) is 0 Å². The summed E-state index contributed by atoms with van der Waals surface area (Å²) in [5.74, 6) is 0. The van der Waals surface area contributed by atoms with E-state index >= 15 is 0 Å². The third kappa shape index (κ3) is 4.40. The molecule has 0 bridgehead atoms. The van der Waals surface area contributed by atoms with Crippen LogP contribution in [0.15, 0.2) is 54.7 Å². The maximum atomic E-state index is 10.3. The van der Waals surface area contributed by atoms with E-state index in [4.69, 9.17) is 0 Å². The first-order valence-electron chi connectivity index (χ1n) is 6.70. The quantitative estimate of drug-likeness (QED) is 0.716. The molecule has 3 nitrogen and oxygen atoms in total. The van der Waals surface area contributed by atoms with Crippen LogP contribution in [0.4, 0.5) is 0 Å². The van der Waals surface area contributed by atoms with Gasteiger partial charge in [0.2, 0.25) is 0 Å². The average molecular weight is 354 g/mol. The Labute approximate surface area is 150 Å². The predicted octanol–water partition coefficient (Wildman–Crippen LogP) is 3.54. The number of rotatable bonds is 2. The summed E-state index contributed by atoms with van der Waals surface area (Å²) in [5.41, 5.74) is 3.22. The molecule has 2 aromatic carbocycles. The number of fused-ring (bicyclic) bond motifs is 1. The maximum Gasteiger partial charge on any atom is 0.103 e. The summed E-state index contributed by atoms with van der Waals surface area (Å²) in [6.45, 7) is 4.00. The third-order valence-corrected chi connectivity index (χ3v) is 2.88. The molecule has 1 N–H and O–H groups in total. The predicted molar refractivity (Wildman–Crippen MR) is 80.2 cm³/mol. The van der Waals surface area contributed by atoms with Gasteiger partial charge in [-0.05, 0) is 17.3 Å². The third-order valence-electron chi connectivity index (χ3n) is 2.88. The van der Waals surface area contributed by atoms with Crippen molar-refractivity contribution in [1.82, 2.24) is 9.97 Å². The number of aromatic nitrogens is 2. The van der Waals surface area contributed by atoms with Crippen molar-refractivity contribution in [3.8, 4) is 0 Å². The molecule has 0 fully saturated rings. The van der Waals surface area contributed by atoms with E-state index in [1.807, 2.05) is 62.4 Å². The van der Waals surface area contributed by atoms with Gasteiger partial charge in [0, 0.05) is 38.2 Å². The van der Waals surface area contributed by atoms with E-state index < -0.39 is 6.10 Å². The van der Waals surface area contributed by atoms with Crippen molar-refractivity contribution < 1.29 is 37.8 Å². The van der Waals surface area contributed by atoms with Gasteiger partial charge in [-0.3, -0.25) is 4.98 Å². The van der Waals surface area contributed by atoms with Crippen LogP contribution in [0.5, 0.6) is 0 Å². The zero-order chi connectivity index (χ0) is 14.4. The Hall–Kier alpha value is -1.16. The summed E-state index contributed by atoms with van der Waals surface area (Å²) < 4.78 is 0. The number of hydrogen-bond donors (Lipinski definition) is 1. The Balaban J connectivity index is 0.000000706. The van der Waals surface area contributed by atoms with Gasteiger partial charge < -0.3 is 10.1 Å². The average Bonchev–Trinajstić information content (AvgIpc) is 2.56. The van der Waals surface area contributed by atoms with Gasteiger partial charge in [0.25, 0.3) is 0 Å². The summed E-state index contributed by atoms with van der Waals surface area (Å²) >= 11 is 0. The summed E-state index contributed by atoms with van der Waals surface area (Å²) in [6, 6.07) is 15.1. The molecule has 21 heavy (non-hydrogen) atoms. The number of nitrogens with zero attached hydrogens (tertiary/aromatic N) is 2. The van der Waals surface area contributed by atoms with Crippen LogP contribution in [0.1, 0.15) is 31.1 Å². The molecule has 1 heterocycles. The van der Waals surface area contributed by atoms with Crippen LogP contribution in [0.3, 0.4) is 0 Å². The molecule has 1 aromatic heterocycles. The minimum absolute atomic E-state index is 0. The number of hydrogen-bond acceptors (Lipinski definition) is 3. The van der Waals surface area contributed by atoms with Crippen LogP contribution in [0.2, 0.25) is 0 Å². The molecule has 0 aliphatic rings. The second kappa shape index (κ2) is 8.98. The van der Waals surface area contributed by atoms with Gasteiger partial charge in [-0.25, -0.2) is 0 Å². The van der Waals surface area contributed by atoms with Crippen molar-refractivity contribution in [3.63, 3.8) is 0 Å². The number of aliphatic hydroxyl groups excluding tert-OH is 1. The van der Waals surface area contributed by atoms with Gasteiger partial charge in [0.1, 0.15) is 6.10 Å². The first kappa shape index (κ1) is 17.9. The molecule has 0 spiro atoms. The molecule has 0 aliphatic carbocycles. The normalized spacial score (nSPS) is 11.0. The Kier molecular flexibility index (Phi) is 7.65. The van der Waals surface area contributed by atoms with Crippen LogP contribution >= 0.6 is 0 Å². The van der Waals surface area contributed by atoms with E-state index in [0.717, 1.165) is 22.2 Å². The second-order valence-corrected chi connectivity index (χ2v) is 4.06. The molecule has 3 rings (SSSR count). The van der Waals surface area contributed by atoms with Crippen molar-refractivity contribution >= 4 is 11.0 Å². The molecule has 105 valence electrons. The minimum Gasteiger partial charge on any atom is -0.448 e. The standard InChI is InChI=1S/C15H11N2O.C2H6.Y/c18-15(11-4-2-1-3-5-11)12-6-7-13-14(10-12)17-9-8-16-13;1-2;/h1-8,10,15,18H;1-2H3;/q-1;;. The van der Waals surface area contributed by atoms with Gasteiger partial charge >= 0.3 is 0 Å².